The quantitative estimate of drug-likeness (QED) is 0.908. The maximum absolute atomic E-state index is 12.1. The van der Waals surface area contributed by atoms with Gasteiger partial charge in [0.25, 0.3) is 5.91 Å². The number of carbonyl (C=O) groups excluding carboxylic acids is 2. The first-order valence-electron chi connectivity index (χ1n) is 7.43. The lowest BCUT2D eigenvalue weighted by Gasteiger charge is -2.12. The van der Waals surface area contributed by atoms with Gasteiger partial charge < -0.3 is 15.2 Å². The van der Waals surface area contributed by atoms with E-state index in [0.717, 1.165) is 5.56 Å². The summed E-state index contributed by atoms with van der Waals surface area (Å²) in [4.78, 5) is 23.7. The number of rotatable bonds is 4. The van der Waals surface area contributed by atoms with E-state index in [4.69, 9.17) is 9.84 Å². The summed E-state index contributed by atoms with van der Waals surface area (Å²) < 4.78 is 5.51. The van der Waals surface area contributed by atoms with E-state index in [1.807, 2.05) is 30.3 Å². The standard InChI is InChI=1S/C18H17NO4/c20-11-17-15(21)10-16(23-17)12-6-8-14(9-7-12)19-18(22)13-4-2-1-3-5-13/h1-9,16-17,20H,10-11H2,(H,19,22)/t16-,17-/m1/s1. The monoisotopic (exact) mass is 311 g/mol. The molecular weight excluding hydrogens is 294 g/mol. The molecule has 23 heavy (non-hydrogen) atoms. The van der Waals surface area contributed by atoms with Crippen LogP contribution in [0.15, 0.2) is 54.6 Å². The molecule has 5 nitrogen and oxygen atoms in total. The van der Waals surface area contributed by atoms with Crippen molar-refractivity contribution in [3.05, 3.63) is 65.7 Å². The van der Waals surface area contributed by atoms with Crippen LogP contribution in [0.25, 0.3) is 0 Å². The number of Topliss-reactive ketones (excluding diaryl/α,β-unsaturated/α-hetero) is 1. The molecule has 0 unspecified atom stereocenters. The molecule has 118 valence electrons. The summed E-state index contributed by atoms with van der Waals surface area (Å²) in [6, 6.07) is 16.2. The van der Waals surface area contributed by atoms with E-state index in [2.05, 4.69) is 5.32 Å². The summed E-state index contributed by atoms with van der Waals surface area (Å²) >= 11 is 0. The zero-order valence-corrected chi connectivity index (χ0v) is 12.4. The van der Waals surface area contributed by atoms with Crippen molar-refractivity contribution in [1.29, 1.82) is 0 Å². The van der Waals surface area contributed by atoms with Crippen LogP contribution in [0.3, 0.4) is 0 Å². The number of amides is 1. The highest BCUT2D eigenvalue weighted by Gasteiger charge is 2.33. The Kier molecular flexibility index (Phi) is 4.50. The summed E-state index contributed by atoms with van der Waals surface area (Å²) in [6.07, 6.45) is -0.794. The Morgan fingerprint density at radius 2 is 1.83 bits per heavy atom. The second kappa shape index (κ2) is 6.73. The Labute approximate surface area is 133 Å². The number of carbonyl (C=O) groups is 2. The molecule has 0 aliphatic carbocycles. The van der Waals surface area contributed by atoms with E-state index >= 15 is 0 Å². The number of aliphatic hydroxyl groups excluding tert-OH is 1. The highest BCUT2D eigenvalue weighted by atomic mass is 16.5. The first-order chi connectivity index (χ1) is 11.2. The molecule has 2 aromatic rings. The van der Waals surface area contributed by atoms with Crippen LogP contribution >= 0.6 is 0 Å². The first kappa shape index (κ1) is 15.4. The van der Waals surface area contributed by atoms with Crippen LogP contribution in [0.4, 0.5) is 5.69 Å². The van der Waals surface area contributed by atoms with Crippen molar-refractivity contribution in [2.24, 2.45) is 0 Å². The maximum Gasteiger partial charge on any atom is 0.255 e. The summed E-state index contributed by atoms with van der Waals surface area (Å²) in [5.74, 6) is -0.259. The van der Waals surface area contributed by atoms with Gasteiger partial charge in [0, 0.05) is 17.7 Å². The molecule has 0 aromatic heterocycles. The highest BCUT2D eigenvalue weighted by Crippen LogP contribution is 2.31. The Balaban J connectivity index is 1.66. The smallest absolute Gasteiger partial charge is 0.255 e. The fourth-order valence-electron chi connectivity index (χ4n) is 2.55. The van der Waals surface area contributed by atoms with Crippen molar-refractivity contribution >= 4 is 17.4 Å². The van der Waals surface area contributed by atoms with Crippen LogP contribution < -0.4 is 5.32 Å². The van der Waals surface area contributed by atoms with E-state index in [0.29, 0.717) is 11.3 Å². The van der Waals surface area contributed by atoms with Crippen LogP contribution in [0, 0.1) is 0 Å². The summed E-state index contributed by atoms with van der Waals surface area (Å²) in [5, 5.41) is 11.9. The van der Waals surface area contributed by atoms with Crippen LogP contribution in [-0.4, -0.2) is 29.5 Å². The largest absolute Gasteiger partial charge is 0.393 e. The number of hydrogen-bond donors (Lipinski definition) is 2. The van der Waals surface area contributed by atoms with Crippen molar-refractivity contribution in [3.8, 4) is 0 Å². The molecular formula is C18H17NO4. The lowest BCUT2D eigenvalue weighted by molar-refractivity contribution is -0.124. The van der Waals surface area contributed by atoms with Gasteiger partial charge in [-0.2, -0.15) is 0 Å². The van der Waals surface area contributed by atoms with Crippen molar-refractivity contribution in [1.82, 2.24) is 0 Å². The Bertz CT molecular complexity index is 697. The lowest BCUT2D eigenvalue weighted by atomic mass is 10.1. The van der Waals surface area contributed by atoms with E-state index in [1.54, 1.807) is 24.3 Å². The molecule has 0 spiro atoms. The molecule has 2 aromatic carbocycles. The first-order valence-corrected chi connectivity index (χ1v) is 7.43. The minimum Gasteiger partial charge on any atom is -0.393 e. The third kappa shape index (κ3) is 3.47. The lowest BCUT2D eigenvalue weighted by Crippen LogP contribution is -2.19. The Hall–Kier alpha value is -2.50. The zero-order valence-electron chi connectivity index (χ0n) is 12.4. The van der Waals surface area contributed by atoms with Crippen molar-refractivity contribution in [2.45, 2.75) is 18.6 Å². The number of nitrogens with one attached hydrogen (secondary N) is 1. The van der Waals surface area contributed by atoms with Crippen LogP contribution in [0.5, 0.6) is 0 Å². The minimum atomic E-state index is -0.725. The van der Waals surface area contributed by atoms with Crippen LogP contribution in [0.2, 0.25) is 0 Å². The second-order valence-corrected chi connectivity index (χ2v) is 5.41. The molecule has 1 aliphatic rings. The molecule has 5 heteroatoms. The van der Waals surface area contributed by atoms with Crippen molar-refractivity contribution in [3.63, 3.8) is 0 Å². The normalized spacial score (nSPS) is 20.5. The average Bonchev–Trinajstić information content (AvgIpc) is 2.97. The molecule has 3 rings (SSSR count). The maximum atomic E-state index is 12.1. The van der Waals surface area contributed by atoms with Gasteiger partial charge in [0.15, 0.2) is 5.78 Å². The third-order valence-corrected chi connectivity index (χ3v) is 3.82. The van der Waals surface area contributed by atoms with E-state index in [-0.39, 0.29) is 30.8 Å². The number of anilines is 1. The topological polar surface area (TPSA) is 75.6 Å². The third-order valence-electron chi connectivity index (χ3n) is 3.82. The zero-order chi connectivity index (χ0) is 16.2. The van der Waals surface area contributed by atoms with E-state index < -0.39 is 6.10 Å². The van der Waals surface area contributed by atoms with Crippen LogP contribution in [0.1, 0.15) is 28.4 Å². The number of ketones is 1. The van der Waals surface area contributed by atoms with Gasteiger partial charge in [-0.3, -0.25) is 9.59 Å². The molecule has 2 atom stereocenters. The highest BCUT2D eigenvalue weighted by molar-refractivity contribution is 6.04. The Morgan fingerprint density at radius 3 is 2.43 bits per heavy atom. The molecule has 0 saturated carbocycles. The molecule has 0 bridgehead atoms. The molecule has 1 fully saturated rings. The molecule has 1 heterocycles. The number of hydrogen-bond acceptors (Lipinski definition) is 4. The van der Waals surface area contributed by atoms with Gasteiger partial charge in [-0.05, 0) is 29.8 Å². The number of ether oxygens (including phenoxy) is 1. The fraction of sp³-hybridized carbons (Fsp3) is 0.222. The minimum absolute atomic E-state index is 0.0843. The average molecular weight is 311 g/mol. The van der Waals surface area contributed by atoms with Gasteiger partial charge in [-0.1, -0.05) is 30.3 Å². The summed E-state index contributed by atoms with van der Waals surface area (Å²) in [5.41, 5.74) is 2.12. The van der Waals surface area contributed by atoms with Crippen molar-refractivity contribution in [2.75, 3.05) is 11.9 Å². The molecule has 1 saturated heterocycles. The fourth-order valence-corrected chi connectivity index (χ4v) is 2.55. The summed E-state index contributed by atoms with van der Waals surface area (Å²) in [6.45, 7) is -0.291. The number of benzene rings is 2. The molecule has 1 aliphatic heterocycles. The van der Waals surface area contributed by atoms with Gasteiger partial charge in [0.05, 0.1) is 12.7 Å². The van der Waals surface area contributed by atoms with Gasteiger partial charge in [-0.15, -0.1) is 0 Å². The van der Waals surface area contributed by atoms with Gasteiger partial charge in [0.1, 0.15) is 6.10 Å². The SMILES string of the molecule is O=C(Nc1ccc([C@H]2CC(=O)[C@@H](CO)O2)cc1)c1ccccc1. The second-order valence-electron chi connectivity index (χ2n) is 5.41. The van der Waals surface area contributed by atoms with Gasteiger partial charge in [0.2, 0.25) is 0 Å². The number of aliphatic hydroxyl groups is 1. The molecule has 0 radical (unpaired) electrons. The summed E-state index contributed by atoms with van der Waals surface area (Å²) in [7, 11) is 0. The predicted molar refractivity (Wildman–Crippen MR) is 85.2 cm³/mol. The van der Waals surface area contributed by atoms with Crippen LogP contribution in [-0.2, 0) is 9.53 Å². The van der Waals surface area contributed by atoms with Gasteiger partial charge >= 0.3 is 0 Å². The van der Waals surface area contributed by atoms with E-state index in [9.17, 15) is 9.59 Å². The molecule has 1 amide bonds. The van der Waals surface area contributed by atoms with E-state index in [1.165, 1.54) is 0 Å². The Morgan fingerprint density at radius 1 is 1.13 bits per heavy atom. The van der Waals surface area contributed by atoms with Gasteiger partial charge in [-0.25, -0.2) is 0 Å². The molecule has 2 N–H and O–H groups in total. The predicted octanol–water partition coefficient (Wildman–Crippen LogP) is 2.33. The van der Waals surface area contributed by atoms with Crippen molar-refractivity contribution < 1.29 is 19.4 Å².